The predicted molar refractivity (Wildman–Crippen MR) is 98.8 cm³/mol. The number of fused-ring (bicyclic) bond motifs is 1. The number of nitrogens with one attached hydrogen (secondary N) is 1. The van der Waals surface area contributed by atoms with E-state index < -0.39 is 32.0 Å². The van der Waals surface area contributed by atoms with Gasteiger partial charge in [-0.25, -0.2) is 27.0 Å². The number of aromatic nitrogens is 1. The molecule has 3 rings (SSSR count). The van der Waals surface area contributed by atoms with Crippen molar-refractivity contribution in [3.05, 3.63) is 18.2 Å². The van der Waals surface area contributed by atoms with E-state index in [2.05, 4.69) is 10.3 Å². The molecule has 3 N–H and O–H groups in total. The van der Waals surface area contributed by atoms with E-state index in [1.807, 2.05) is 0 Å². The summed E-state index contributed by atoms with van der Waals surface area (Å²) in [4.78, 5) is 16.8. The van der Waals surface area contributed by atoms with Crippen molar-refractivity contribution in [1.29, 1.82) is 0 Å². The molecule has 0 spiro atoms. The Morgan fingerprint density at radius 1 is 1.31 bits per heavy atom. The molecule has 0 bridgehead atoms. The van der Waals surface area contributed by atoms with Crippen LogP contribution in [0.2, 0.25) is 0 Å². The molecule has 1 aliphatic rings. The number of hydrogen-bond acceptors (Lipinski definition) is 7. The van der Waals surface area contributed by atoms with E-state index in [4.69, 9.17) is 5.14 Å². The average molecular weight is 419 g/mol. The van der Waals surface area contributed by atoms with Gasteiger partial charge in [-0.2, -0.15) is 4.31 Å². The maximum atomic E-state index is 12.6. The third-order valence-corrected chi connectivity index (χ3v) is 7.23. The fraction of sp³-hybridized carbons (Fsp3) is 0.429. The van der Waals surface area contributed by atoms with E-state index in [0.29, 0.717) is 29.6 Å². The third-order valence-electron chi connectivity index (χ3n) is 4.10. The summed E-state index contributed by atoms with van der Waals surface area (Å²) in [6, 6.07) is 3.47. The summed E-state index contributed by atoms with van der Waals surface area (Å²) >= 11 is 1.10. The molecule has 2 aromatic rings. The third kappa shape index (κ3) is 4.04. The summed E-state index contributed by atoms with van der Waals surface area (Å²) in [5.74, 6) is -0.444. The molecule has 1 saturated heterocycles. The van der Waals surface area contributed by atoms with E-state index in [1.165, 1.54) is 22.5 Å². The van der Waals surface area contributed by atoms with Crippen molar-refractivity contribution < 1.29 is 21.6 Å². The van der Waals surface area contributed by atoms with Crippen LogP contribution >= 0.6 is 11.3 Å². The van der Waals surface area contributed by atoms with Crippen molar-refractivity contribution >= 4 is 52.6 Å². The smallest absolute Gasteiger partial charge is 0.244 e. The van der Waals surface area contributed by atoms with Crippen LogP contribution in [0.5, 0.6) is 0 Å². The van der Waals surface area contributed by atoms with Gasteiger partial charge in [-0.15, -0.1) is 0 Å². The Morgan fingerprint density at radius 3 is 2.69 bits per heavy atom. The summed E-state index contributed by atoms with van der Waals surface area (Å²) in [5, 5.41) is 8.03. The number of piperidine rings is 1. The van der Waals surface area contributed by atoms with Gasteiger partial charge < -0.3 is 5.32 Å². The Labute approximate surface area is 155 Å². The molecule has 1 aromatic carbocycles. The molecular formula is C14H18N4O5S3. The number of primary sulfonamides is 1. The molecule has 142 valence electrons. The second kappa shape index (κ2) is 6.85. The number of anilines is 1. The number of sulfonamides is 2. The van der Waals surface area contributed by atoms with E-state index in [0.717, 1.165) is 24.0 Å². The van der Waals surface area contributed by atoms with E-state index in [9.17, 15) is 21.6 Å². The normalized spacial score (nSPS) is 19.5. The highest BCUT2D eigenvalue weighted by Crippen LogP contribution is 2.29. The molecule has 12 heteroatoms. The van der Waals surface area contributed by atoms with Crippen LogP contribution in [0.3, 0.4) is 0 Å². The Hall–Kier alpha value is -1.60. The number of carbonyl (C=O) groups excluding carboxylic acids is 1. The quantitative estimate of drug-likeness (QED) is 0.749. The van der Waals surface area contributed by atoms with Crippen molar-refractivity contribution in [3.8, 4) is 0 Å². The summed E-state index contributed by atoms with van der Waals surface area (Å²) < 4.78 is 48.4. The fourth-order valence-electron chi connectivity index (χ4n) is 2.89. The number of nitrogens with two attached hydrogens (primary N) is 1. The summed E-state index contributed by atoms with van der Waals surface area (Å²) in [6.45, 7) is 0.314. The number of amides is 1. The minimum Gasteiger partial charge on any atom is -0.301 e. The van der Waals surface area contributed by atoms with Crippen LogP contribution < -0.4 is 10.5 Å². The second-order valence-corrected chi connectivity index (χ2v) is 10.6. The molecular weight excluding hydrogens is 400 g/mol. The maximum absolute atomic E-state index is 12.6. The van der Waals surface area contributed by atoms with Gasteiger partial charge in [0.1, 0.15) is 6.04 Å². The van der Waals surface area contributed by atoms with E-state index in [-0.39, 0.29) is 10.0 Å². The Balaban J connectivity index is 1.85. The molecule has 1 amide bonds. The first-order valence-electron chi connectivity index (χ1n) is 7.77. The zero-order chi connectivity index (χ0) is 19.1. The van der Waals surface area contributed by atoms with Crippen LogP contribution in [0.25, 0.3) is 10.2 Å². The van der Waals surface area contributed by atoms with Crippen molar-refractivity contribution in [2.45, 2.75) is 30.2 Å². The molecule has 26 heavy (non-hydrogen) atoms. The first-order chi connectivity index (χ1) is 12.1. The molecule has 2 heterocycles. The molecule has 1 aromatic heterocycles. The highest BCUT2D eigenvalue weighted by Gasteiger charge is 2.34. The number of nitrogens with zero attached hydrogens (tertiary/aromatic N) is 2. The van der Waals surface area contributed by atoms with E-state index in [1.54, 1.807) is 0 Å². The monoisotopic (exact) mass is 418 g/mol. The lowest BCUT2D eigenvalue weighted by Crippen LogP contribution is -2.49. The predicted octanol–water partition coefficient (Wildman–Crippen LogP) is 0.696. The van der Waals surface area contributed by atoms with Gasteiger partial charge in [0.2, 0.25) is 26.0 Å². The second-order valence-electron chi connectivity index (χ2n) is 6.07. The van der Waals surface area contributed by atoms with Gasteiger partial charge >= 0.3 is 0 Å². The molecule has 0 aliphatic carbocycles. The van der Waals surface area contributed by atoms with Gasteiger partial charge in [-0.1, -0.05) is 17.8 Å². The molecule has 9 nitrogen and oxygen atoms in total. The highest BCUT2D eigenvalue weighted by atomic mass is 32.2. The maximum Gasteiger partial charge on any atom is 0.244 e. The zero-order valence-corrected chi connectivity index (χ0v) is 16.3. The van der Waals surface area contributed by atoms with Crippen LogP contribution in [-0.4, -0.2) is 50.9 Å². The first-order valence-corrected chi connectivity index (χ1v) is 12.0. The molecule has 1 aliphatic heterocycles. The summed E-state index contributed by atoms with van der Waals surface area (Å²) in [6.07, 6.45) is 3.01. The molecule has 1 unspecified atom stereocenters. The van der Waals surface area contributed by atoms with Gasteiger partial charge in [-0.05, 0) is 31.0 Å². The molecule has 1 fully saturated rings. The van der Waals surface area contributed by atoms with Gasteiger partial charge in [0.05, 0.1) is 21.4 Å². The van der Waals surface area contributed by atoms with E-state index >= 15 is 0 Å². The summed E-state index contributed by atoms with van der Waals surface area (Å²) in [7, 11) is -7.31. The number of hydrogen-bond donors (Lipinski definition) is 2. The van der Waals surface area contributed by atoms with Crippen molar-refractivity contribution in [3.63, 3.8) is 0 Å². The minimum absolute atomic E-state index is 0.0398. The first kappa shape index (κ1) is 19.2. The lowest BCUT2D eigenvalue weighted by molar-refractivity contribution is -0.120. The van der Waals surface area contributed by atoms with Crippen LogP contribution in [-0.2, 0) is 24.8 Å². The lowest BCUT2D eigenvalue weighted by atomic mass is 10.0. The number of benzene rings is 1. The SMILES string of the molecule is CS(=O)(=O)N1CCCCC1C(=O)Nc1nc2ccc(S(N)(=O)=O)cc2s1. The lowest BCUT2D eigenvalue weighted by Gasteiger charge is -2.32. The number of carbonyl (C=O) groups is 1. The topological polar surface area (TPSA) is 140 Å². The Kier molecular flexibility index (Phi) is 5.05. The van der Waals surface area contributed by atoms with Gasteiger partial charge in [0.25, 0.3) is 0 Å². The van der Waals surface area contributed by atoms with Gasteiger partial charge in [0, 0.05) is 6.54 Å². The molecule has 0 radical (unpaired) electrons. The van der Waals surface area contributed by atoms with Crippen molar-refractivity contribution in [1.82, 2.24) is 9.29 Å². The van der Waals surface area contributed by atoms with Crippen LogP contribution in [0, 0.1) is 0 Å². The van der Waals surface area contributed by atoms with Crippen molar-refractivity contribution in [2.24, 2.45) is 5.14 Å². The minimum atomic E-state index is -3.83. The zero-order valence-electron chi connectivity index (χ0n) is 13.9. The standard InChI is InChI=1S/C14H18N4O5S3/c1-25(20,21)18-7-3-2-4-11(18)13(19)17-14-16-10-6-5-9(26(15,22)23)8-12(10)24-14/h5-6,8,11H,2-4,7H2,1H3,(H2,15,22,23)(H,16,17,19). The van der Waals surface area contributed by atoms with Gasteiger partial charge in [-0.3, -0.25) is 4.79 Å². The fourth-order valence-corrected chi connectivity index (χ4v) is 5.53. The Bertz CT molecular complexity index is 1060. The molecule has 0 saturated carbocycles. The van der Waals surface area contributed by atoms with Crippen LogP contribution in [0.15, 0.2) is 23.1 Å². The largest absolute Gasteiger partial charge is 0.301 e. The number of thiazole rings is 1. The average Bonchev–Trinajstić information content (AvgIpc) is 2.94. The number of rotatable bonds is 4. The Morgan fingerprint density at radius 2 is 2.04 bits per heavy atom. The van der Waals surface area contributed by atoms with Crippen molar-refractivity contribution in [2.75, 3.05) is 18.1 Å². The summed E-state index contributed by atoms with van der Waals surface area (Å²) in [5.41, 5.74) is 0.515. The molecule has 1 atom stereocenters. The van der Waals surface area contributed by atoms with Crippen LogP contribution in [0.1, 0.15) is 19.3 Å². The highest BCUT2D eigenvalue weighted by molar-refractivity contribution is 7.89. The van der Waals surface area contributed by atoms with Gasteiger partial charge in [0.15, 0.2) is 5.13 Å². The van der Waals surface area contributed by atoms with Crippen LogP contribution in [0.4, 0.5) is 5.13 Å².